The lowest BCUT2D eigenvalue weighted by Crippen LogP contribution is -2.20. The molecule has 0 N–H and O–H groups in total. The van der Waals surface area contributed by atoms with Crippen molar-refractivity contribution < 1.29 is 4.79 Å². The van der Waals surface area contributed by atoms with Crippen LogP contribution in [0, 0.1) is 23.2 Å². The summed E-state index contributed by atoms with van der Waals surface area (Å²) in [6.45, 7) is 3.66. The van der Waals surface area contributed by atoms with Crippen LogP contribution in [0.25, 0.3) is 0 Å². The third-order valence-electron chi connectivity index (χ3n) is 1.87. The lowest BCUT2D eigenvalue weighted by Gasteiger charge is -2.09. The molecule has 0 saturated carbocycles. The van der Waals surface area contributed by atoms with E-state index in [9.17, 15) is 4.79 Å². The fourth-order valence-electron chi connectivity index (χ4n) is 1.08. The summed E-state index contributed by atoms with van der Waals surface area (Å²) in [6.07, 6.45) is 2.99. The molecule has 0 aromatic carbocycles. The lowest BCUT2D eigenvalue weighted by molar-refractivity contribution is 0.0913. The zero-order valence-corrected chi connectivity index (χ0v) is 8.14. The molecule has 0 amide bonds. The first-order chi connectivity index (χ1) is 6.66. The zero-order chi connectivity index (χ0) is 10.6. The van der Waals surface area contributed by atoms with Crippen molar-refractivity contribution in [3.8, 4) is 6.07 Å². The van der Waals surface area contributed by atoms with Gasteiger partial charge in [0.1, 0.15) is 5.92 Å². The maximum absolute atomic E-state index is 11.7. The summed E-state index contributed by atoms with van der Waals surface area (Å²) >= 11 is 0. The smallest absolute Gasteiger partial charge is 0.217 e. The van der Waals surface area contributed by atoms with Crippen molar-refractivity contribution in [2.24, 2.45) is 11.8 Å². The normalized spacial score (nSPS) is 12.1. The van der Waals surface area contributed by atoms with Crippen LogP contribution < -0.4 is 0 Å². The minimum atomic E-state index is -0.655. The number of rotatable bonds is 3. The van der Waals surface area contributed by atoms with Gasteiger partial charge in [0.2, 0.25) is 5.78 Å². The highest BCUT2D eigenvalue weighted by atomic mass is 16.1. The first kappa shape index (κ1) is 10.3. The van der Waals surface area contributed by atoms with Crippen molar-refractivity contribution in [3.05, 3.63) is 24.3 Å². The summed E-state index contributed by atoms with van der Waals surface area (Å²) in [4.78, 5) is 19.3. The van der Waals surface area contributed by atoms with Gasteiger partial charge in [-0.1, -0.05) is 13.8 Å². The second kappa shape index (κ2) is 4.47. The number of ketones is 1. The molecule has 4 nitrogen and oxygen atoms in total. The van der Waals surface area contributed by atoms with Crippen LogP contribution in [0.5, 0.6) is 0 Å². The number of Topliss-reactive ketones (excluding diaryl/α,β-unsaturated/α-hetero) is 1. The molecule has 0 saturated heterocycles. The van der Waals surface area contributed by atoms with E-state index < -0.39 is 5.92 Å². The fourth-order valence-corrected chi connectivity index (χ4v) is 1.08. The zero-order valence-electron chi connectivity index (χ0n) is 8.14. The van der Waals surface area contributed by atoms with Crippen LogP contribution in [0.4, 0.5) is 0 Å². The molecule has 14 heavy (non-hydrogen) atoms. The van der Waals surface area contributed by atoms with Crippen molar-refractivity contribution >= 4 is 5.78 Å². The summed E-state index contributed by atoms with van der Waals surface area (Å²) in [5, 5.41) is 8.80. The highest BCUT2D eigenvalue weighted by Crippen LogP contribution is 2.13. The Labute approximate surface area is 82.6 Å². The molecule has 0 aliphatic heterocycles. The summed E-state index contributed by atoms with van der Waals surface area (Å²) in [7, 11) is 0. The Morgan fingerprint density at radius 2 is 2.00 bits per heavy atom. The molecule has 1 atom stereocenters. The predicted octanol–water partition coefficient (Wildman–Crippen LogP) is 1.46. The summed E-state index contributed by atoms with van der Waals surface area (Å²) in [6, 6.07) is 3.60. The van der Waals surface area contributed by atoms with Gasteiger partial charge in [-0.2, -0.15) is 5.26 Å². The average Bonchev–Trinajstić information content (AvgIpc) is 2.19. The molecular weight excluding hydrogens is 178 g/mol. The van der Waals surface area contributed by atoms with Gasteiger partial charge in [-0.25, -0.2) is 9.97 Å². The number of carbonyl (C=O) groups is 1. The quantitative estimate of drug-likeness (QED) is 0.675. The van der Waals surface area contributed by atoms with E-state index in [1.807, 2.05) is 19.9 Å². The van der Waals surface area contributed by atoms with Crippen LogP contribution in [0.15, 0.2) is 18.5 Å². The molecule has 0 aliphatic rings. The third kappa shape index (κ3) is 2.13. The molecule has 1 rings (SSSR count). The van der Waals surface area contributed by atoms with Gasteiger partial charge in [-0.05, 0) is 12.0 Å². The minimum Gasteiger partial charge on any atom is -0.289 e. The van der Waals surface area contributed by atoms with E-state index in [0.29, 0.717) is 0 Å². The van der Waals surface area contributed by atoms with E-state index in [-0.39, 0.29) is 17.5 Å². The SMILES string of the molecule is CC(C)C(C#N)C(=O)c1ncccn1. The van der Waals surface area contributed by atoms with Crippen molar-refractivity contribution in [3.63, 3.8) is 0 Å². The van der Waals surface area contributed by atoms with E-state index in [1.54, 1.807) is 6.07 Å². The van der Waals surface area contributed by atoms with Crippen LogP contribution in [0.1, 0.15) is 24.5 Å². The van der Waals surface area contributed by atoms with Gasteiger partial charge >= 0.3 is 0 Å². The van der Waals surface area contributed by atoms with Crippen molar-refractivity contribution in [1.29, 1.82) is 5.26 Å². The van der Waals surface area contributed by atoms with Gasteiger partial charge in [0.05, 0.1) is 6.07 Å². The molecule has 0 bridgehead atoms. The first-order valence-corrected chi connectivity index (χ1v) is 4.37. The van der Waals surface area contributed by atoms with Gasteiger partial charge < -0.3 is 0 Å². The standard InChI is InChI=1S/C10H11N3O/c1-7(2)8(6-11)9(14)10-12-4-3-5-13-10/h3-5,7-8H,1-2H3. The topological polar surface area (TPSA) is 66.6 Å². The van der Waals surface area contributed by atoms with Crippen molar-refractivity contribution in [2.45, 2.75) is 13.8 Å². The van der Waals surface area contributed by atoms with Crippen LogP contribution >= 0.6 is 0 Å². The fraction of sp³-hybridized carbons (Fsp3) is 0.400. The maximum Gasteiger partial charge on any atom is 0.217 e. The second-order valence-corrected chi connectivity index (χ2v) is 3.29. The van der Waals surface area contributed by atoms with E-state index in [0.717, 1.165) is 0 Å². The first-order valence-electron chi connectivity index (χ1n) is 4.37. The second-order valence-electron chi connectivity index (χ2n) is 3.29. The number of aromatic nitrogens is 2. The predicted molar refractivity (Wildman–Crippen MR) is 50.3 cm³/mol. The number of carbonyl (C=O) groups excluding carboxylic acids is 1. The van der Waals surface area contributed by atoms with Gasteiger partial charge in [-0.15, -0.1) is 0 Å². The number of hydrogen-bond acceptors (Lipinski definition) is 4. The van der Waals surface area contributed by atoms with Crippen LogP contribution in [-0.4, -0.2) is 15.8 Å². The monoisotopic (exact) mass is 189 g/mol. The molecule has 0 spiro atoms. The Morgan fingerprint density at radius 1 is 1.43 bits per heavy atom. The van der Waals surface area contributed by atoms with E-state index in [1.165, 1.54) is 12.4 Å². The summed E-state index contributed by atoms with van der Waals surface area (Å²) in [5.41, 5.74) is 0. The Hall–Kier alpha value is -1.76. The summed E-state index contributed by atoms with van der Waals surface area (Å²) < 4.78 is 0. The molecule has 1 heterocycles. The Kier molecular flexibility index (Phi) is 3.29. The summed E-state index contributed by atoms with van der Waals surface area (Å²) in [5.74, 6) is -0.857. The van der Waals surface area contributed by atoms with Crippen molar-refractivity contribution in [1.82, 2.24) is 9.97 Å². The maximum atomic E-state index is 11.7. The van der Waals surface area contributed by atoms with E-state index in [2.05, 4.69) is 9.97 Å². The minimum absolute atomic E-state index is 0.0173. The number of hydrogen-bond donors (Lipinski definition) is 0. The van der Waals surface area contributed by atoms with Crippen LogP contribution in [0.3, 0.4) is 0 Å². The van der Waals surface area contributed by atoms with E-state index >= 15 is 0 Å². The molecular formula is C10H11N3O. The molecule has 72 valence electrons. The molecule has 4 heteroatoms. The van der Waals surface area contributed by atoms with Gasteiger partial charge in [0.15, 0.2) is 5.82 Å². The highest BCUT2D eigenvalue weighted by Gasteiger charge is 2.24. The van der Waals surface area contributed by atoms with Crippen LogP contribution in [0.2, 0.25) is 0 Å². The largest absolute Gasteiger partial charge is 0.289 e. The Bertz CT molecular complexity index is 353. The third-order valence-corrected chi connectivity index (χ3v) is 1.87. The average molecular weight is 189 g/mol. The van der Waals surface area contributed by atoms with Gasteiger partial charge in [0.25, 0.3) is 0 Å². The number of nitriles is 1. The Morgan fingerprint density at radius 3 is 2.43 bits per heavy atom. The molecule has 0 radical (unpaired) electrons. The molecule has 1 unspecified atom stereocenters. The highest BCUT2D eigenvalue weighted by molar-refractivity contribution is 5.96. The molecule has 1 aromatic rings. The van der Waals surface area contributed by atoms with Gasteiger partial charge in [-0.3, -0.25) is 4.79 Å². The lowest BCUT2D eigenvalue weighted by atomic mass is 9.93. The number of nitrogens with zero attached hydrogens (tertiary/aromatic N) is 3. The van der Waals surface area contributed by atoms with Crippen LogP contribution in [-0.2, 0) is 0 Å². The molecule has 1 aromatic heterocycles. The van der Waals surface area contributed by atoms with Gasteiger partial charge in [0, 0.05) is 12.4 Å². The molecule has 0 aliphatic carbocycles. The Balaban J connectivity index is 2.91. The van der Waals surface area contributed by atoms with E-state index in [4.69, 9.17) is 5.26 Å². The van der Waals surface area contributed by atoms with Crippen molar-refractivity contribution in [2.75, 3.05) is 0 Å². The molecule has 0 fully saturated rings.